The van der Waals surface area contributed by atoms with Crippen molar-refractivity contribution in [3.05, 3.63) is 57.6 Å². The van der Waals surface area contributed by atoms with Gasteiger partial charge in [-0.05, 0) is 35.4 Å². The summed E-state index contributed by atoms with van der Waals surface area (Å²) in [5.74, 6) is -1.90. The van der Waals surface area contributed by atoms with Crippen LogP contribution < -0.4 is 5.32 Å². The van der Waals surface area contributed by atoms with Gasteiger partial charge in [0, 0.05) is 23.2 Å². The van der Waals surface area contributed by atoms with Crippen molar-refractivity contribution in [2.24, 2.45) is 0 Å². The third-order valence-corrected chi connectivity index (χ3v) is 3.62. The molecule has 0 aliphatic rings. The van der Waals surface area contributed by atoms with E-state index in [9.17, 15) is 8.78 Å². The molecule has 2 aromatic carbocycles. The number of nitrogens with one attached hydrogen (secondary N) is 1. The van der Waals surface area contributed by atoms with E-state index in [0.29, 0.717) is 28.7 Å². The summed E-state index contributed by atoms with van der Waals surface area (Å²) >= 11 is 12.1. The second-order valence-corrected chi connectivity index (χ2v) is 5.93. The Morgan fingerprint density at radius 2 is 1.67 bits per heavy atom. The van der Waals surface area contributed by atoms with Gasteiger partial charge in [0.15, 0.2) is 11.6 Å². The molecular weight excluding hydrogens is 315 g/mol. The molecule has 5 heteroatoms. The molecule has 0 unspecified atom stereocenters. The molecule has 0 amide bonds. The minimum atomic E-state index is -0.965. The lowest BCUT2D eigenvalue weighted by atomic mass is 9.99. The monoisotopic (exact) mass is 329 g/mol. The fraction of sp³-hybridized carbons (Fsp3) is 0.250. The normalized spacial score (nSPS) is 11.2. The molecule has 1 nitrogen and oxygen atoms in total. The molecule has 0 aliphatic carbocycles. The largest absolute Gasteiger partial charge is 0.310 e. The fourth-order valence-corrected chi connectivity index (χ4v) is 2.42. The van der Waals surface area contributed by atoms with Crippen molar-refractivity contribution >= 4 is 23.2 Å². The number of hydrogen-bond acceptors (Lipinski definition) is 1. The van der Waals surface area contributed by atoms with E-state index in [0.717, 1.165) is 17.7 Å². The van der Waals surface area contributed by atoms with Crippen molar-refractivity contribution in [3.8, 4) is 11.1 Å². The summed E-state index contributed by atoms with van der Waals surface area (Å²) in [4.78, 5) is 0. The number of rotatable bonds is 4. The summed E-state index contributed by atoms with van der Waals surface area (Å²) in [6, 6.07) is 7.70. The van der Waals surface area contributed by atoms with Crippen LogP contribution in [0.2, 0.25) is 10.0 Å². The second-order valence-electron chi connectivity index (χ2n) is 5.08. The quantitative estimate of drug-likeness (QED) is 0.737. The standard InChI is InChI=1S/C16H15Cl2F2N/c1-9(2)21-8-10-3-4-11(17)5-12(10)13-6-15(19)16(20)7-14(13)18/h3-7,9,21H,8H2,1-2H3. The highest BCUT2D eigenvalue weighted by Crippen LogP contribution is 2.34. The van der Waals surface area contributed by atoms with Gasteiger partial charge in [0.1, 0.15) is 0 Å². The van der Waals surface area contributed by atoms with Crippen LogP contribution in [0, 0.1) is 11.6 Å². The van der Waals surface area contributed by atoms with Crippen LogP contribution in [-0.4, -0.2) is 6.04 Å². The van der Waals surface area contributed by atoms with Gasteiger partial charge in [-0.2, -0.15) is 0 Å². The Kier molecular flexibility index (Phi) is 5.20. The van der Waals surface area contributed by atoms with Gasteiger partial charge in [0.2, 0.25) is 0 Å². The molecule has 112 valence electrons. The van der Waals surface area contributed by atoms with Gasteiger partial charge >= 0.3 is 0 Å². The summed E-state index contributed by atoms with van der Waals surface area (Å²) in [7, 11) is 0. The minimum absolute atomic E-state index is 0.155. The average Bonchev–Trinajstić information content (AvgIpc) is 2.41. The summed E-state index contributed by atoms with van der Waals surface area (Å²) in [6.07, 6.45) is 0. The second kappa shape index (κ2) is 6.73. The molecule has 2 aromatic rings. The first kappa shape index (κ1) is 16.2. The van der Waals surface area contributed by atoms with Crippen LogP contribution >= 0.6 is 23.2 Å². The van der Waals surface area contributed by atoms with Gasteiger partial charge in [0.25, 0.3) is 0 Å². The van der Waals surface area contributed by atoms with Crippen LogP contribution in [-0.2, 0) is 6.54 Å². The maximum absolute atomic E-state index is 13.5. The Balaban J connectivity index is 2.51. The smallest absolute Gasteiger partial charge is 0.160 e. The Bertz CT molecular complexity index is 657. The predicted octanol–water partition coefficient (Wildman–Crippen LogP) is 5.44. The Morgan fingerprint density at radius 1 is 1.00 bits per heavy atom. The molecule has 0 bridgehead atoms. The Labute approximate surface area is 132 Å². The van der Waals surface area contributed by atoms with Crippen molar-refractivity contribution < 1.29 is 8.78 Å². The van der Waals surface area contributed by atoms with Gasteiger partial charge in [0.05, 0.1) is 5.02 Å². The molecule has 0 aromatic heterocycles. The number of benzene rings is 2. The van der Waals surface area contributed by atoms with Crippen LogP contribution in [0.15, 0.2) is 30.3 Å². The lowest BCUT2D eigenvalue weighted by Gasteiger charge is -2.14. The van der Waals surface area contributed by atoms with E-state index in [1.54, 1.807) is 12.1 Å². The third-order valence-electron chi connectivity index (χ3n) is 3.07. The summed E-state index contributed by atoms with van der Waals surface area (Å²) in [5.41, 5.74) is 2.04. The maximum Gasteiger partial charge on any atom is 0.160 e. The van der Waals surface area contributed by atoms with Crippen molar-refractivity contribution in [2.75, 3.05) is 0 Å². The van der Waals surface area contributed by atoms with E-state index in [1.165, 1.54) is 0 Å². The molecule has 0 radical (unpaired) electrons. The number of hydrogen-bond donors (Lipinski definition) is 1. The first-order valence-electron chi connectivity index (χ1n) is 6.55. The van der Waals surface area contributed by atoms with Crippen LogP contribution in [0.25, 0.3) is 11.1 Å². The van der Waals surface area contributed by atoms with Crippen molar-refractivity contribution in [1.82, 2.24) is 5.32 Å². The topological polar surface area (TPSA) is 12.0 Å². The summed E-state index contributed by atoms with van der Waals surface area (Å²) in [6.45, 7) is 4.64. The van der Waals surface area contributed by atoms with E-state index in [1.807, 2.05) is 19.9 Å². The maximum atomic E-state index is 13.5. The molecule has 0 atom stereocenters. The fourth-order valence-electron chi connectivity index (χ4n) is 2.00. The van der Waals surface area contributed by atoms with Crippen LogP contribution in [0.1, 0.15) is 19.4 Å². The van der Waals surface area contributed by atoms with E-state index < -0.39 is 11.6 Å². The molecule has 0 saturated carbocycles. The predicted molar refractivity (Wildman–Crippen MR) is 83.8 cm³/mol. The Hall–Kier alpha value is -1.16. The molecule has 0 fully saturated rings. The summed E-state index contributed by atoms with van der Waals surface area (Å²) < 4.78 is 26.7. The highest BCUT2D eigenvalue weighted by Gasteiger charge is 2.14. The zero-order chi connectivity index (χ0) is 15.6. The lowest BCUT2D eigenvalue weighted by molar-refractivity contribution is 0.509. The van der Waals surface area contributed by atoms with Crippen molar-refractivity contribution in [2.45, 2.75) is 26.4 Å². The average molecular weight is 330 g/mol. The molecule has 0 heterocycles. The molecule has 21 heavy (non-hydrogen) atoms. The van der Waals surface area contributed by atoms with Crippen molar-refractivity contribution in [1.29, 1.82) is 0 Å². The van der Waals surface area contributed by atoms with E-state index in [4.69, 9.17) is 23.2 Å². The van der Waals surface area contributed by atoms with Gasteiger partial charge in [-0.25, -0.2) is 8.78 Å². The molecule has 0 spiro atoms. The van der Waals surface area contributed by atoms with E-state index in [2.05, 4.69) is 5.32 Å². The minimum Gasteiger partial charge on any atom is -0.310 e. The zero-order valence-electron chi connectivity index (χ0n) is 11.7. The Morgan fingerprint density at radius 3 is 2.33 bits per heavy atom. The lowest BCUT2D eigenvalue weighted by Crippen LogP contribution is -2.22. The highest BCUT2D eigenvalue weighted by atomic mass is 35.5. The molecular formula is C16H15Cl2F2N. The van der Waals surface area contributed by atoms with Crippen LogP contribution in [0.5, 0.6) is 0 Å². The molecule has 2 rings (SSSR count). The van der Waals surface area contributed by atoms with E-state index in [-0.39, 0.29) is 5.02 Å². The molecule has 0 aliphatic heterocycles. The van der Waals surface area contributed by atoms with Crippen molar-refractivity contribution in [3.63, 3.8) is 0 Å². The SMILES string of the molecule is CC(C)NCc1ccc(Cl)cc1-c1cc(F)c(F)cc1Cl. The number of halogens is 4. The van der Waals surface area contributed by atoms with Gasteiger partial charge in [-0.3, -0.25) is 0 Å². The third kappa shape index (κ3) is 3.94. The van der Waals surface area contributed by atoms with Crippen LogP contribution in [0.3, 0.4) is 0 Å². The van der Waals surface area contributed by atoms with E-state index >= 15 is 0 Å². The zero-order valence-corrected chi connectivity index (χ0v) is 13.2. The molecule has 1 N–H and O–H groups in total. The van der Waals surface area contributed by atoms with Gasteiger partial charge < -0.3 is 5.32 Å². The molecule has 0 saturated heterocycles. The first-order valence-corrected chi connectivity index (χ1v) is 7.31. The van der Waals surface area contributed by atoms with Crippen LogP contribution in [0.4, 0.5) is 8.78 Å². The first-order chi connectivity index (χ1) is 9.88. The summed E-state index contributed by atoms with van der Waals surface area (Å²) in [5, 5.41) is 3.95. The highest BCUT2D eigenvalue weighted by molar-refractivity contribution is 6.34. The van der Waals surface area contributed by atoms with Gasteiger partial charge in [-0.15, -0.1) is 0 Å². The van der Waals surface area contributed by atoms with Gasteiger partial charge in [-0.1, -0.05) is 43.1 Å².